The number of hydrogen-bond acceptors (Lipinski definition) is 4. The van der Waals surface area contributed by atoms with E-state index in [1.54, 1.807) is 21.9 Å². The third-order valence-corrected chi connectivity index (χ3v) is 7.50. The number of H-pyrrole nitrogens is 1. The molecule has 186 valence electrons. The molecular weight excluding hydrogens is 466 g/mol. The number of hydrogen-bond donors (Lipinski definition) is 1. The number of nitrogens with one attached hydrogen (secondary N) is 1. The van der Waals surface area contributed by atoms with E-state index in [1.165, 1.54) is 7.11 Å². The Hall–Kier alpha value is -4.39. The van der Waals surface area contributed by atoms with Crippen molar-refractivity contribution in [2.75, 3.05) is 20.2 Å². The van der Waals surface area contributed by atoms with Gasteiger partial charge in [0.15, 0.2) is 0 Å². The van der Waals surface area contributed by atoms with Gasteiger partial charge in [-0.25, -0.2) is 4.79 Å². The van der Waals surface area contributed by atoms with Gasteiger partial charge in [0.2, 0.25) is 11.8 Å². The highest BCUT2D eigenvalue weighted by molar-refractivity contribution is 5.97. The molecule has 1 N–H and O–H groups in total. The molecule has 3 heterocycles. The van der Waals surface area contributed by atoms with Crippen molar-refractivity contribution in [3.63, 3.8) is 0 Å². The fourth-order valence-electron chi connectivity index (χ4n) is 5.69. The minimum atomic E-state index is -0.589. The van der Waals surface area contributed by atoms with Gasteiger partial charge in [0.25, 0.3) is 0 Å². The molecule has 3 aromatic carbocycles. The van der Waals surface area contributed by atoms with Crippen LogP contribution in [0.1, 0.15) is 38.8 Å². The molecular formula is C30H27N3O4. The van der Waals surface area contributed by atoms with Gasteiger partial charge in [-0.2, -0.15) is 0 Å². The average molecular weight is 494 g/mol. The highest BCUT2D eigenvalue weighted by Gasteiger charge is 2.48. The van der Waals surface area contributed by atoms with Crippen LogP contribution >= 0.6 is 0 Å². The lowest BCUT2D eigenvalue weighted by atomic mass is 9.86. The van der Waals surface area contributed by atoms with Crippen LogP contribution in [0.3, 0.4) is 0 Å². The molecule has 2 amide bonds. The second-order valence-electron chi connectivity index (χ2n) is 9.60. The number of para-hydroxylation sites is 1. The second-order valence-corrected chi connectivity index (χ2v) is 9.60. The zero-order valence-corrected chi connectivity index (χ0v) is 20.5. The minimum Gasteiger partial charge on any atom is -0.465 e. The van der Waals surface area contributed by atoms with Crippen molar-refractivity contribution in [1.29, 1.82) is 0 Å². The van der Waals surface area contributed by atoms with Crippen LogP contribution in [0.2, 0.25) is 0 Å². The first-order valence-corrected chi connectivity index (χ1v) is 12.5. The quantitative estimate of drug-likeness (QED) is 0.428. The van der Waals surface area contributed by atoms with E-state index < -0.39 is 18.1 Å². The summed E-state index contributed by atoms with van der Waals surface area (Å²) < 4.78 is 4.84. The summed E-state index contributed by atoms with van der Waals surface area (Å²) in [5.74, 6) is -0.524. The van der Waals surface area contributed by atoms with E-state index in [1.807, 2.05) is 60.7 Å². The Morgan fingerprint density at radius 2 is 1.70 bits per heavy atom. The number of aromatic amines is 1. The molecule has 37 heavy (non-hydrogen) atoms. The monoisotopic (exact) mass is 493 g/mol. The van der Waals surface area contributed by atoms with Crippen molar-refractivity contribution in [2.24, 2.45) is 0 Å². The van der Waals surface area contributed by atoms with Crippen LogP contribution in [0, 0.1) is 0 Å². The molecule has 6 rings (SSSR count). The van der Waals surface area contributed by atoms with E-state index in [9.17, 15) is 14.4 Å². The Balaban J connectivity index is 1.39. The van der Waals surface area contributed by atoms with E-state index in [2.05, 4.69) is 11.1 Å². The van der Waals surface area contributed by atoms with Gasteiger partial charge in [0.1, 0.15) is 6.04 Å². The fraction of sp³-hybridized carbons (Fsp3) is 0.233. The van der Waals surface area contributed by atoms with Gasteiger partial charge >= 0.3 is 5.97 Å². The third kappa shape index (κ3) is 3.96. The van der Waals surface area contributed by atoms with Crippen molar-refractivity contribution in [2.45, 2.75) is 24.9 Å². The Labute approximate surface area is 214 Å². The highest BCUT2D eigenvalue weighted by atomic mass is 16.5. The minimum absolute atomic E-state index is 0.0253. The SMILES string of the molecule is COC(=O)c1ccc([C@H]2c3[nH]c4ccccc4c3C[C@H]3C(=O)N(CCc4ccccc4)CC(=O)N23)cc1. The molecule has 0 bridgehead atoms. The first-order chi connectivity index (χ1) is 18.0. The molecule has 2 atom stereocenters. The Morgan fingerprint density at radius 1 is 0.973 bits per heavy atom. The molecule has 2 aliphatic heterocycles. The number of rotatable bonds is 5. The largest absolute Gasteiger partial charge is 0.465 e. The number of carbonyl (C=O) groups excluding carboxylic acids is 3. The molecule has 1 aromatic heterocycles. The molecule has 0 unspecified atom stereocenters. The molecule has 0 spiro atoms. The standard InChI is InChI=1S/C30H27N3O4/c1-37-30(36)21-13-11-20(12-14-21)28-27-23(22-9-5-6-10-24(22)31-27)17-25-29(35)32(18-26(34)33(25)28)16-15-19-7-3-2-4-8-19/h2-14,25,28,31H,15-18H2,1H3/t25-,28-/m0/s1. The van der Waals surface area contributed by atoms with Gasteiger partial charge in [-0.05, 0) is 41.3 Å². The second kappa shape index (κ2) is 9.24. The van der Waals surface area contributed by atoms with Crippen LogP contribution in [0.5, 0.6) is 0 Å². The van der Waals surface area contributed by atoms with Gasteiger partial charge < -0.3 is 19.5 Å². The van der Waals surface area contributed by atoms with Gasteiger partial charge in [-0.3, -0.25) is 9.59 Å². The summed E-state index contributed by atoms with van der Waals surface area (Å²) in [6, 6.07) is 24.1. The summed E-state index contributed by atoms with van der Waals surface area (Å²) in [5.41, 5.74) is 5.36. The van der Waals surface area contributed by atoms with E-state index >= 15 is 0 Å². The van der Waals surface area contributed by atoms with E-state index in [0.717, 1.165) is 33.3 Å². The molecule has 1 fully saturated rings. The van der Waals surface area contributed by atoms with Gasteiger partial charge in [0, 0.05) is 29.6 Å². The van der Waals surface area contributed by atoms with Crippen molar-refractivity contribution in [3.8, 4) is 0 Å². The predicted octanol–water partition coefficient (Wildman–Crippen LogP) is 3.88. The molecule has 7 nitrogen and oxygen atoms in total. The maximum atomic E-state index is 13.8. The molecule has 2 aliphatic rings. The van der Waals surface area contributed by atoms with Crippen molar-refractivity contribution in [3.05, 3.63) is 107 Å². The van der Waals surface area contributed by atoms with Crippen LogP contribution in [-0.4, -0.2) is 58.8 Å². The highest BCUT2D eigenvalue weighted by Crippen LogP contribution is 2.42. The fourth-order valence-corrected chi connectivity index (χ4v) is 5.69. The number of ether oxygens (including phenoxy) is 1. The van der Waals surface area contributed by atoms with Gasteiger partial charge in [-0.1, -0.05) is 60.7 Å². The number of esters is 1. The van der Waals surface area contributed by atoms with E-state index in [-0.39, 0.29) is 18.4 Å². The van der Waals surface area contributed by atoms with Crippen molar-refractivity contribution < 1.29 is 19.1 Å². The Bertz CT molecular complexity index is 1490. The summed E-state index contributed by atoms with van der Waals surface area (Å²) in [4.78, 5) is 46.5. The van der Waals surface area contributed by atoms with Gasteiger partial charge in [-0.15, -0.1) is 0 Å². The predicted molar refractivity (Wildman–Crippen MR) is 139 cm³/mol. The van der Waals surface area contributed by atoms with Crippen LogP contribution in [0.15, 0.2) is 78.9 Å². The van der Waals surface area contributed by atoms with Crippen LogP contribution in [0.4, 0.5) is 0 Å². The zero-order valence-electron chi connectivity index (χ0n) is 20.5. The summed E-state index contributed by atoms with van der Waals surface area (Å²) in [6.45, 7) is 0.548. The number of piperazine rings is 1. The summed E-state index contributed by atoms with van der Waals surface area (Å²) >= 11 is 0. The van der Waals surface area contributed by atoms with Gasteiger partial charge in [0.05, 0.1) is 25.3 Å². The number of fused-ring (bicyclic) bond motifs is 4. The molecule has 0 saturated carbocycles. The van der Waals surface area contributed by atoms with Crippen molar-refractivity contribution in [1.82, 2.24) is 14.8 Å². The molecule has 1 saturated heterocycles. The number of benzene rings is 3. The first-order valence-electron chi connectivity index (χ1n) is 12.5. The molecule has 7 heteroatoms. The number of nitrogens with zero attached hydrogens (tertiary/aromatic N) is 2. The molecule has 0 aliphatic carbocycles. The summed E-state index contributed by atoms with van der Waals surface area (Å²) in [6.07, 6.45) is 1.16. The van der Waals surface area contributed by atoms with E-state index in [0.29, 0.717) is 24.9 Å². The topological polar surface area (TPSA) is 82.7 Å². The third-order valence-electron chi connectivity index (χ3n) is 7.50. The maximum absolute atomic E-state index is 13.8. The van der Waals surface area contributed by atoms with Crippen LogP contribution in [-0.2, 0) is 27.2 Å². The van der Waals surface area contributed by atoms with Crippen LogP contribution < -0.4 is 0 Å². The molecule has 4 aromatic rings. The van der Waals surface area contributed by atoms with E-state index in [4.69, 9.17) is 4.74 Å². The Morgan fingerprint density at radius 3 is 2.46 bits per heavy atom. The lowest BCUT2D eigenvalue weighted by Crippen LogP contribution is -2.63. The smallest absolute Gasteiger partial charge is 0.337 e. The summed E-state index contributed by atoms with van der Waals surface area (Å²) in [7, 11) is 1.35. The van der Waals surface area contributed by atoms with Crippen LogP contribution in [0.25, 0.3) is 10.9 Å². The first kappa shape index (κ1) is 23.0. The molecule has 0 radical (unpaired) electrons. The lowest BCUT2D eigenvalue weighted by molar-refractivity contribution is -0.158. The normalized spacial score (nSPS) is 19.1. The number of carbonyl (C=O) groups is 3. The number of aromatic nitrogens is 1. The number of methoxy groups -OCH3 is 1. The zero-order chi connectivity index (χ0) is 25.5. The van der Waals surface area contributed by atoms with Crippen molar-refractivity contribution >= 4 is 28.7 Å². The average Bonchev–Trinajstić information content (AvgIpc) is 3.31. The Kier molecular flexibility index (Phi) is 5.75. The maximum Gasteiger partial charge on any atom is 0.337 e. The number of amides is 2. The summed E-state index contributed by atoms with van der Waals surface area (Å²) in [5, 5.41) is 1.06. The lowest BCUT2D eigenvalue weighted by Gasteiger charge is -2.47.